The highest BCUT2D eigenvalue weighted by molar-refractivity contribution is 5.88. The van der Waals surface area contributed by atoms with E-state index in [0.29, 0.717) is 5.56 Å². The zero-order valence-corrected chi connectivity index (χ0v) is 6.20. The molecule has 0 fully saturated rings. The monoisotopic (exact) mass is 170 g/mol. The van der Waals surface area contributed by atoms with Gasteiger partial charge in [-0.05, 0) is 12.1 Å². The van der Waals surface area contributed by atoms with Gasteiger partial charge in [0.1, 0.15) is 0 Å². The number of hydrogen-bond acceptors (Lipinski definition) is 3. The Morgan fingerprint density at radius 3 is 2.58 bits per heavy atom. The Bertz CT molecular complexity index is 248. The number of halogens is 1. The van der Waals surface area contributed by atoms with Gasteiger partial charge in [0, 0.05) is 0 Å². The van der Waals surface area contributed by atoms with Crippen molar-refractivity contribution in [2.45, 2.75) is 0 Å². The van der Waals surface area contributed by atoms with Crippen LogP contribution in [0.25, 0.3) is 0 Å². The van der Waals surface area contributed by atoms with Gasteiger partial charge >= 0.3 is 5.97 Å². The molecule has 0 saturated heterocycles. The van der Waals surface area contributed by atoms with Crippen LogP contribution in [0.15, 0.2) is 30.3 Å². The predicted molar refractivity (Wildman–Crippen MR) is 38.9 cm³/mol. The van der Waals surface area contributed by atoms with E-state index < -0.39 is 12.8 Å². The van der Waals surface area contributed by atoms with Crippen molar-refractivity contribution < 1.29 is 19.0 Å². The quantitative estimate of drug-likeness (QED) is 0.511. The summed E-state index contributed by atoms with van der Waals surface area (Å²) in [6, 6.07) is 8.19. The van der Waals surface area contributed by atoms with Crippen LogP contribution in [-0.2, 0) is 9.78 Å². The second-order valence-electron chi connectivity index (χ2n) is 1.96. The molecule has 0 saturated carbocycles. The predicted octanol–water partition coefficient (Wildman–Crippen LogP) is 1.70. The summed E-state index contributed by atoms with van der Waals surface area (Å²) >= 11 is 0. The van der Waals surface area contributed by atoms with Crippen molar-refractivity contribution in [3.63, 3.8) is 0 Å². The summed E-state index contributed by atoms with van der Waals surface area (Å²) in [5.74, 6) is -0.701. The largest absolute Gasteiger partial charge is 0.373 e. The summed E-state index contributed by atoms with van der Waals surface area (Å²) < 4.78 is 11.4. The van der Waals surface area contributed by atoms with Gasteiger partial charge in [0.05, 0.1) is 5.56 Å². The molecule has 4 heteroatoms. The molecule has 0 aliphatic carbocycles. The number of benzene rings is 1. The van der Waals surface area contributed by atoms with Crippen LogP contribution in [0.4, 0.5) is 4.39 Å². The molecule has 1 aromatic rings. The molecule has 0 radical (unpaired) electrons. The third-order valence-corrected chi connectivity index (χ3v) is 1.19. The Morgan fingerprint density at radius 2 is 2.00 bits per heavy atom. The first-order chi connectivity index (χ1) is 5.84. The minimum Gasteiger partial charge on any atom is -0.290 e. The number of rotatable bonds is 3. The van der Waals surface area contributed by atoms with Crippen LogP contribution in [0.5, 0.6) is 0 Å². The Hall–Kier alpha value is -1.42. The van der Waals surface area contributed by atoms with Crippen molar-refractivity contribution in [1.29, 1.82) is 0 Å². The average molecular weight is 170 g/mol. The summed E-state index contributed by atoms with van der Waals surface area (Å²) in [5.41, 5.74) is 0.325. The molecule has 64 valence electrons. The molecule has 12 heavy (non-hydrogen) atoms. The van der Waals surface area contributed by atoms with Crippen molar-refractivity contribution in [3.8, 4) is 0 Å². The van der Waals surface area contributed by atoms with Crippen LogP contribution in [0.1, 0.15) is 10.4 Å². The Kier molecular flexibility index (Phi) is 3.22. The van der Waals surface area contributed by atoms with E-state index in [-0.39, 0.29) is 0 Å². The van der Waals surface area contributed by atoms with Crippen LogP contribution in [0.3, 0.4) is 0 Å². The molecule has 1 rings (SSSR count). The lowest BCUT2D eigenvalue weighted by molar-refractivity contribution is -0.264. The van der Waals surface area contributed by atoms with E-state index in [2.05, 4.69) is 9.78 Å². The van der Waals surface area contributed by atoms with E-state index in [1.807, 2.05) is 0 Å². The van der Waals surface area contributed by atoms with E-state index in [9.17, 15) is 9.18 Å². The Labute approximate surface area is 68.6 Å². The van der Waals surface area contributed by atoms with Crippen molar-refractivity contribution in [2.24, 2.45) is 0 Å². The molecule has 0 aliphatic rings. The Morgan fingerprint density at radius 1 is 1.33 bits per heavy atom. The van der Waals surface area contributed by atoms with Crippen molar-refractivity contribution in [3.05, 3.63) is 35.9 Å². The number of carbonyl (C=O) groups excluding carboxylic acids is 1. The second kappa shape index (κ2) is 4.46. The Balaban J connectivity index is 2.54. The van der Waals surface area contributed by atoms with Crippen LogP contribution >= 0.6 is 0 Å². The number of alkyl halides is 1. The summed E-state index contributed by atoms with van der Waals surface area (Å²) in [5, 5.41) is 0. The van der Waals surface area contributed by atoms with E-state index in [1.54, 1.807) is 30.3 Å². The molecular formula is C8H7FO3. The van der Waals surface area contributed by atoms with Crippen LogP contribution < -0.4 is 0 Å². The molecule has 0 atom stereocenters. The molecule has 0 unspecified atom stereocenters. The van der Waals surface area contributed by atoms with E-state index in [1.165, 1.54) is 0 Å². The van der Waals surface area contributed by atoms with Crippen LogP contribution in [-0.4, -0.2) is 12.8 Å². The molecule has 0 bridgehead atoms. The standard InChI is InChI=1S/C8H7FO3/c9-6-11-12-8(10)7-4-2-1-3-5-7/h1-5H,6H2. The maximum Gasteiger partial charge on any atom is 0.373 e. The van der Waals surface area contributed by atoms with E-state index >= 15 is 0 Å². The van der Waals surface area contributed by atoms with E-state index in [4.69, 9.17) is 0 Å². The highest BCUT2D eigenvalue weighted by atomic mass is 19.1. The summed E-state index contributed by atoms with van der Waals surface area (Å²) in [4.78, 5) is 18.8. The third kappa shape index (κ3) is 2.32. The van der Waals surface area contributed by atoms with Gasteiger partial charge in [0.25, 0.3) is 0 Å². The van der Waals surface area contributed by atoms with Gasteiger partial charge in [0.2, 0.25) is 6.86 Å². The fourth-order valence-electron chi connectivity index (χ4n) is 0.698. The SMILES string of the molecule is O=C(OOCF)c1ccccc1. The highest BCUT2D eigenvalue weighted by Gasteiger charge is 2.05. The molecule has 0 N–H and O–H groups in total. The minimum absolute atomic E-state index is 0.325. The lowest BCUT2D eigenvalue weighted by atomic mass is 10.2. The van der Waals surface area contributed by atoms with Crippen molar-refractivity contribution in [1.82, 2.24) is 0 Å². The summed E-state index contributed by atoms with van der Waals surface area (Å²) in [6.07, 6.45) is 0. The lowest BCUT2D eigenvalue weighted by Gasteiger charge is -1.98. The minimum atomic E-state index is -1.14. The second-order valence-corrected chi connectivity index (χ2v) is 1.96. The van der Waals surface area contributed by atoms with Crippen LogP contribution in [0.2, 0.25) is 0 Å². The third-order valence-electron chi connectivity index (χ3n) is 1.19. The van der Waals surface area contributed by atoms with Gasteiger partial charge < -0.3 is 0 Å². The molecule has 0 aliphatic heterocycles. The van der Waals surface area contributed by atoms with Gasteiger partial charge in [-0.3, -0.25) is 4.89 Å². The number of hydrogen-bond donors (Lipinski definition) is 0. The molecular weight excluding hydrogens is 163 g/mol. The summed E-state index contributed by atoms with van der Waals surface area (Å²) in [7, 11) is 0. The zero-order valence-electron chi connectivity index (χ0n) is 6.20. The normalized spacial score (nSPS) is 9.42. The smallest absolute Gasteiger partial charge is 0.290 e. The van der Waals surface area contributed by atoms with Crippen LogP contribution in [0, 0.1) is 0 Å². The fraction of sp³-hybridized carbons (Fsp3) is 0.125. The van der Waals surface area contributed by atoms with E-state index in [0.717, 1.165) is 0 Å². The topological polar surface area (TPSA) is 35.5 Å². The van der Waals surface area contributed by atoms with Crippen molar-refractivity contribution in [2.75, 3.05) is 6.86 Å². The zero-order chi connectivity index (χ0) is 8.81. The molecule has 0 aromatic heterocycles. The molecule has 0 spiro atoms. The molecule has 1 aromatic carbocycles. The molecule has 0 amide bonds. The van der Waals surface area contributed by atoms with Crippen molar-refractivity contribution >= 4 is 5.97 Å². The van der Waals surface area contributed by atoms with Gasteiger partial charge in [-0.2, -0.15) is 4.89 Å². The molecule has 3 nitrogen and oxygen atoms in total. The molecule has 0 heterocycles. The van der Waals surface area contributed by atoms with Gasteiger partial charge in [-0.25, -0.2) is 9.18 Å². The van der Waals surface area contributed by atoms with Gasteiger partial charge in [-0.1, -0.05) is 18.2 Å². The van der Waals surface area contributed by atoms with Gasteiger partial charge in [-0.15, -0.1) is 0 Å². The fourth-order valence-corrected chi connectivity index (χ4v) is 0.698. The maximum absolute atomic E-state index is 11.4. The van der Waals surface area contributed by atoms with Gasteiger partial charge in [0.15, 0.2) is 0 Å². The number of carbonyl (C=O) groups is 1. The lowest BCUT2D eigenvalue weighted by Crippen LogP contribution is -2.04. The first-order valence-corrected chi connectivity index (χ1v) is 3.29. The first-order valence-electron chi connectivity index (χ1n) is 3.29. The maximum atomic E-state index is 11.4. The summed E-state index contributed by atoms with van der Waals surface area (Å²) in [6.45, 7) is -1.14. The first kappa shape index (κ1) is 8.67. The highest BCUT2D eigenvalue weighted by Crippen LogP contribution is 2.00. The average Bonchev–Trinajstić information content (AvgIpc) is 2.15.